The number of para-hydroxylation sites is 1. The number of aliphatic hydroxyl groups is 1. The summed E-state index contributed by atoms with van der Waals surface area (Å²) in [6.45, 7) is 2.22. The van der Waals surface area contributed by atoms with Crippen LogP contribution >= 0.6 is 0 Å². The first-order chi connectivity index (χ1) is 16.9. The molecule has 13 nitrogen and oxygen atoms in total. The minimum Gasteiger partial charge on any atom is -0.494 e. The molecular formula is C22H26N8O5. The van der Waals surface area contributed by atoms with Crippen LogP contribution in [-0.4, -0.2) is 62.2 Å². The highest BCUT2D eigenvalue weighted by atomic mass is 16.6. The number of ether oxygens (including phenoxy) is 1. The van der Waals surface area contributed by atoms with E-state index in [1.165, 1.54) is 18.1 Å². The Labute approximate surface area is 200 Å². The normalized spacial score (nSPS) is 13.8. The topological polar surface area (TPSA) is 179 Å². The molecule has 1 aliphatic rings. The Balaban J connectivity index is 1.75. The third kappa shape index (κ3) is 4.76. The first kappa shape index (κ1) is 24.0. The van der Waals surface area contributed by atoms with Gasteiger partial charge in [0.05, 0.1) is 54.9 Å². The average Bonchev–Trinajstić information content (AvgIpc) is 3.55. The number of nitrogens with one attached hydrogen (secondary N) is 2. The molecule has 0 bridgehead atoms. The summed E-state index contributed by atoms with van der Waals surface area (Å²) in [5.74, 6) is -0.294. The van der Waals surface area contributed by atoms with Crippen molar-refractivity contribution in [1.82, 2.24) is 30.4 Å². The summed E-state index contributed by atoms with van der Waals surface area (Å²) < 4.78 is 7.17. The Morgan fingerprint density at radius 1 is 1.26 bits per heavy atom. The molecule has 184 valence electrons. The number of rotatable bonds is 11. The molecule has 1 aromatic carbocycles. The zero-order chi connectivity index (χ0) is 25.0. The highest BCUT2D eigenvalue weighted by Gasteiger charge is 2.52. The first-order valence-electron chi connectivity index (χ1n) is 11.0. The standard InChI is InChI=1S/C22H26N8O5/c1-3-35-29-20(32)17-15(11-16(26-27-17)22(7-8-22)21(23)33)25-14-6-4-5-13(18(14)34-2)19-24-12-30(28-19)9-10-31/h4-6,11-12,31H,3,7-10H2,1-2H3,(H2,23,33)(H,25,26)(H,29,32). The van der Waals surface area contributed by atoms with Gasteiger partial charge >= 0.3 is 0 Å². The summed E-state index contributed by atoms with van der Waals surface area (Å²) >= 11 is 0. The van der Waals surface area contributed by atoms with Crippen LogP contribution in [0.4, 0.5) is 11.4 Å². The Kier molecular flexibility index (Phi) is 6.89. The molecule has 3 aromatic rings. The van der Waals surface area contributed by atoms with Gasteiger partial charge in [-0.15, -0.1) is 5.10 Å². The van der Waals surface area contributed by atoms with Crippen LogP contribution < -0.4 is 21.3 Å². The molecule has 4 rings (SSSR count). The molecule has 2 heterocycles. The van der Waals surface area contributed by atoms with Crippen LogP contribution in [0, 0.1) is 0 Å². The lowest BCUT2D eigenvalue weighted by molar-refractivity contribution is -0.120. The van der Waals surface area contributed by atoms with Gasteiger partial charge < -0.3 is 20.9 Å². The summed E-state index contributed by atoms with van der Waals surface area (Å²) in [5.41, 5.74) is 8.72. The Hall–Kier alpha value is -4.10. The van der Waals surface area contributed by atoms with Crippen molar-refractivity contribution < 1.29 is 24.3 Å². The number of carbonyl (C=O) groups excluding carboxylic acids is 2. The third-order valence-electron chi connectivity index (χ3n) is 5.63. The predicted molar refractivity (Wildman–Crippen MR) is 124 cm³/mol. The van der Waals surface area contributed by atoms with Crippen LogP contribution in [0.3, 0.4) is 0 Å². The van der Waals surface area contributed by atoms with Crippen LogP contribution in [0.25, 0.3) is 11.4 Å². The Morgan fingerprint density at radius 2 is 2.06 bits per heavy atom. The van der Waals surface area contributed by atoms with Gasteiger partial charge in [-0.05, 0) is 38.0 Å². The van der Waals surface area contributed by atoms with E-state index >= 15 is 0 Å². The van der Waals surface area contributed by atoms with Crippen molar-refractivity contribution >= 4 is 23.2 Å². The molecule has 0 atom stereocenters. The van der Waals surface area contributed by atoms with Gasteiger partial charge in [-0.2, -0.15) is 10.2 Å². The molecule has 35 heavy (non-hydrogen) atoms. The van der Waals surface area contributed by atoms with Crippen molar-refractivity contribution in [3.05, 3.63) is 42.0 Å². The van der Waals surface area contributed by atoms with Crippen LogP contribution in [0.2, 0.25) is 0 Å². The lowest BCUT2D eigenvalue weighted by Gasteiger charge is -2.17. The molecule has 0 radical (unpaired) electrons. The number of hydroxylamine groups is 1. The molecule has 13 heteroatoms. The number of anilines is 2. The maximum absolute atomic E-state index is 12.7. The lowest BCUT2D eigenvalue weighted by Crippen LogP contribution is -2.31. The molecule has 1 aliphatic carbocycles. The fraction of sp³-hybridized carbons (Fsp3) is 0.364. The average molecular weight is 483 g/mol. The van der Waals surface area contributed by atoms with Gasteiger partial charge in [0.1, 0.15) is 6.33 Å². The lowest BCUT2D eigenvalue weighted by atomic mass is 10.0. The largest absolute Gasteiger partial charge is 0.494 e. The zero-order valence-electron chi connectivity index (χ0n) is 19.3. The number of hydrogen-bond donors (Lipinski definition) is 4. The Bertz CT molecular complexity index is 1240. The molecule has 2 aromatic heterocycles. The third-order valence-corrected chi connectivity index (χ3v) is 5.63. The van der Waals surface area contributed by atoms with Crippen LogP contribution in [-0.2, 0) is 21.6 Å². The van der Waals surface area contributed by atoms with E-state index in [9.17, 15) is 9.59 Å². The second kappa shape index (κ2) is 10.0. The second-order valence-electron chi connectivity index (χ2n) is 7.87. The second-order valence-corrected chi connectivity index (χ2v) is 7.87. The first-order valence-corrected chi connectivity index (χ1v) is 11.0. The van der Waals surface area contributed by atoms with Crippen LogP contribution in [0.1, 0.15) is 35.9 Å². The molecule has 1 saturated carbocycles. The van der Waals surface area contributed by atoms with Crippen molar-refractivity contribution in [3.8, 4) is 17.1 Å². The van der Waals surface area contributed by atoms with Gasteiger partial charge in [0.2, 0.25) is 5.91 Å². The molecule has 5 N–H and O–H groups in total. The van der Waals surface area contributed by atoms with E-state index in [0.717, 1.165) is 0 Å². The quantitative estimate of drug-likeness (QED) is 0.284. The van der Waals surface area contributed by atoms with E-state index in [1.54, 1.807) is 31.2 Å². The van der Waals surface area contributed by atoms with E-state index in [2.05, 4.69) is 31.1 Å². The minimum atomic E-state index is -0.895. The predicted octanol–water partition coefficient (Wildman–Crippen LogP) is 0.678. The van der Waals surface area contributed by atoms with E-state index in [1.807, 2.05) is 0 Å². The number of aromatic nitrogens is 5. The highest BCUT2D eigenvalue weighted by molar-refractivity contribution is 5.98. The summed E-state index contributed by atoms with van der Waals surface area (Å²) in [4.78, 5) is 34.0. The number of carbonyl (C=O) groups is 2. The fourth-order valence-electron chi connectivity index (χ4n) is 3.63. The molecule has 1 fully saturated rings. The maximum Gasteiger partial charge on any atom is 0.297 e. The van der Waals surface area contributed by atoms with Gasteiger partial charge in [-0.1, -0.05) is 6.07 Å². The van der Waals surface area contributed by atoms with E-state index < -0.39 is 17.2 Å². The molecule has 0 unspecified atom stereocenters. The SMILES string of the molecule is CCONC(=O)c1nnc(C2(C(N)=O)CC2)cc1Nc1cccc(-c2ncn(CCO)n2)c1OC. The van der Waals surface area contributed by atoms with Crippen molar-refractivity contribution in [3.63, 3.8) is 0 Å². The smallest absolute Gasteiger partial charge is 0.297 e. The van der Waals surface area contributed by atoms with Gasteiger partial charge in [0, 0.05) is 0 Å². The van der Waals surface area contributed by atoms with Crippen molar-refractivity contribution in [2.75, 3.05) is 25.6 Å². The van der Waals surface area contributed by atoms with Crippen molar-refractivity contribution in [2.24, 2.45) is 5.73 Å². The summed E-state index contributed by atoms with van der Waals surface area (Å²) in [6.07, 6.45) is 2.63. The number of amides is 2. The Morgan fingerprint density at radius 3 is 2.71 bits per heavy atom. The van der Waals surface area contributed by atoms with Crippen LogP contribution in [0.15, 0.2) is 30.6 Å². The van der Waals surface area contributed by atoms with Gasteiger partial charge in [0.25, 0.3) is 5.91 Å². The molecule has 0 saturated heterocycles. The summed E-state index contributed by atoms with van der Waals surface area (Å²) in [5, 5.41) is 24.9. The number of benzene rings is 1. The van der Waals surface area contributed by atoms with Gasteiger partial charge in [-0.25, -0.2) is 10.5 Å². The van der Waals surface area contributed by atoms with Crippen LogP contribution in [0.5, 0.6) is 5.75 Å². The van der Waals surface area contributed by atoms with Crippen molar-refractivity contribution in [1.29, 1.82) is 0 Å². The minimum absolute atomic E-state index is 0.0414. The summed E-state index contributed by atoms with van der Waals surface area (Å²) in [7, 11) is 1.50. The molecule has 2 amide bonds. The number of aliphatic hydroxyl groups excluding tert-OH is 1. The fourth-order valence-corrected chi connectivity index (χ4v) is 3.63. The van der Waals surface area contributed by atoms with Gasteiger partial charge in [0.15, 0.2) is 17.3 Å². The number of primary amides is 1. The number of hydrogen-bond acceptors (Lipinski definition) is 10. The van der Waals surface area contributed by atoms with E-state index in [4.69, 9.17) is 20.4 Å². The highest BCUT2D eigenvalue weighted by Crippen LogP contribution is 2.48. The zero-order valence-corrected chi connectivity index (χ0v) is 19.3. The van der Waals surface area contributed by atoms with E-state index in [0.29, 0.717) is 47.9 Å². The monoisotopic (exact) mass is 482 g/mol. The number of nitrogens with zero attached hydrogens (tertiary/aromatic N) is 5. The molecule has 0 aliphatic heterocycles. The molecule has 0 spiro atoms. The number of nitrogens with two attached hydrogens (primary N) is 1. The maximum atomic E-state index is 12.7. The van der Waals surface area contributed by atoms with Crippen molar-refractivity contribution in [2.45, 2.75) is 31.7 Å². The van der Waals surface area contributed by atoms with E-state index in [-0.39, 0.29) is 24.6 Å². The number of methoxy groups -OCH3 is 1. The summed E-state index contributed by atoms with van der Waals surface area (Å²) in [6, 6.07) is 6.90. The van der Waals surface area contributed by atoms with Gasteiger partial charge in [-0.3, -0.25) is 19.1 Å². The molecular weight excluding hydrogens is 456 g/mol.